The first-order chi connectivity index (χ1) is 16.8. The highest BCUT2D eigenvalue weighted by Crippen LogP contribution is 2.37. The van der Waals surface area contributed by atoms with Crippen LogP contribution in [0.3, 0.4) is 0 Å². The zero-order valence-corrected chi connectivity index (χ0v) is 20.2. The number of amides is 4. The average molecular weight is 546 g/mol. The van der Waals surface area contributed by atoms with Crippen molar-refractivity contribution in [3.8, 4) is 0 Å². The van der Waals surface area contributed by atoms with Crippen molar-refractivity contribution in [2.24, 2.45) is 11.8 Å². The standard InChI is InChI=1S/C21H28F6N4O6/c1-19(2,3)30-17(35)18(36)31-8-11(20(22,23)24)7-13(31)16(34)29-12(6-10-4-5-28-15(10)33)14(32)9-37-21(25,26)27/h10-13H,4-9H2,1-3H3,(H,28,33)(H,29,34)(H,30,35). The molecule has 37 heavy (non-hydrogen) atoms. The summed E-state index contributed by atoms with van der Waals surface area (Å²) in [6, 6.07) is -3.57. The molecule has 2 aliphatic rings. The Kier molecular flexibility index (Phi) is 9.20. The molecule has 2 aliphatic heterocycles. The third-order valence-electron chi connectivity index (χ3n) is 5.78. The Balaban J connectivity index is 2.26. The molecule has 0 radical (unpaired) electrons. The largest absolute Gasteiger partial charge is 0.522 e. The van der Waals surface area contributed by atoms with Crippen molar-refractivity contribution in [2.75, 3.05) is 19.7 Å². The number of halogens is 6. The number of hydrogen-bond acceptors (Lipinski definition) is 6. The van der Waals surface area contributed by atoms with E-state index in [2.05, 4.69) is 20.7 Å². The van der Waals surface area contributed by atoms with Gasteiger partial charge < -0.3 is 20.9 Å². The molecular weight excluding hydrogens is 518 g/mol. The third kappa shape index (κ3) is 8.86. The normalized spacial score (nSPS) is 23.4. The number of ketones is 1. The minimum atomic E-state index is -5.18. The zero-order valence-electron chi connectivity index (χ0n) is 20.2. The summed E-state index contributed by atoms with van der Waals surface area (Å²) in [6.45, 7) is 2.24. The molecule has 16 heteroatoms. The van der Waals surface area contributed by atoms with Gasteiger partial charge in [-0.15, -0.1) is 13.2 Å². The Morgan fingerprint density at radius 2 is 1.73 bits per heavy atom. The molecule has 4 amide bonds. The van der Waals surface area contributed by atoms with Crippen molar-refractivity contribution in [3.63, 3.8) is 0 Å². The lowest BCUT2D eigenvalue weighted by molar-refractivity contribution is -0.321. The van der Waals surface area contributed by atoms with Crippen molar-refractivity contribution in [3.05, 3.63) is 0 Å². The quantitative estimate of drug-likeness (QED) is 0.320. The van der Waals surface area contributed by atoms with Gasteiger partial charge in [0.1, 0.15) is 12.6 Å². The minimum absolute atomic E-state index is 0.204. The van der Waals surface area contributed by atoms with Crippen LogP contribution in [0, 0.1) is 11.8 Å². The van der Waals surface area contributed by atoms with Gasteiger partial charge in [0.15, 0.2) is 5.78 Å². The summed E-state index contributed by atoms with van der Waals surface area (Å²) >= 11 is 0. The number of nitrogens with one attached hydrogen (secondary N) is 3. The van der Waals surface area contributed by atoms with E-state index in [-0.39, 0.29) is 13.0 Å². The molecule has 2 heterocycles. The molecule has 0 spiro atoms. The molecular formula is C21H28F6N4O6. The molecule has 10 nitrogen and oxygen atoms in total. The average Bonchev–Trinajstić information content (AvgIpc) is 3.35. The smallest absolute Gasteiger partial charge is 0.356 e. The maximum atomic E-state index is 13.4. The van der Waals surface area contributed by atoms with Gasteiger partial charge in [-0.1, -0.05) is 0 Å². The van der Waals surface area contributed by atoms with Gasteiger partial charge in [0.2, 0.25) is 11.8 Å². The fourth-order valence-corrected chi connectivity index (χ4v) is 4.02. The molecule has 210 valence electrons. The van der Waals surface area contributed by atoms with Gasteiger partial charge >= 0.3 is 24.4 Å². The van der Waals surface area contributed by atoms with Gasteiger partial charge in [0.25, 0.3) is 0 Å². The number of hydrogen-bond donors (Lipinski definition) is 3. The van der Waals surface area contributed by atoms with Crippen LogP contribution in [-0.4, -0.2) is 84.2 Å². The predicted octanol–water partition coefficient (Wildman–Crippen LogP) is 0.797. The molecule has 0 aromatic heterocycles. The Hall–Kier alpha value is -2.91. The monoisotopic (exact) mass is 546 g/mol. The summed E-state index contributed by atoms with van der Waals surface area (Å²) < 4.78 is 81.1. The van der Waals surface area contributed by atoms with Crippen LogP contribution in [0.5, 0.6) is 0 Å². The third-order valence-corrected chi connectivity index (χ3v) is 5.78. The number of alkyl halides is 6. The van der Waals surface area contributed by atoms with Crippen molar-refractivity contribution >= 4 is 29.4 Å². The van der Waals surface area contributed by atoms with Crippen molar-refractivity contribution in [1.29, 1.82) is 0 Å². The predicted molar refractivity (Wildman–Crippen MR) is 112 cm³/mol. The van der Waals surface area contributed by atoms with Crippen LogP contribution in [0.25, 0.3) is 0 Å². The second-order valence-electron chi connectivity index (χ2n) is 9.93. The Morgan fingerprint density at radius 3 is 2.22 bits per heavy atom. The van der Waals surface area contributed by atoms with E-state index in [0.29, 0.717) is 4.90 Å². The van der Waals surface area contributed by atoms with E-state index >= 15 is 0 Å². The van der Waals surface area contributed by atoms with Crippen LogP contribution in [-0.2, 0) is 28.7 Å². The van der Waals surface area contributed by atoms with Gasteiger partial charge in [-0.3, -0.25) is 28.7 Å². The highest BCUT2D eigenvalue weighted by atomic mass is 19.4. The molecule has 4 unspecified atom stereocenters. The minimum Gasteiger partial charge on any atom is -0.356 e. The van der Waals surface area contributed by atoms with Gasteiger partial charge in [-0.2, -0.15) is 13.2 Å². The summed E-state index contributed by atoms with van der Waals surface area (Å²) in [6.07, 6.45) is -11.2. The number of rotatable bonds is 7. The lowest BCUT2D eigenvalue weighted by Gasteiger charge is -2.28. The van der Waals surface area contributed by atoms with Gasteiger partial charge in [-0.25, -0.2) is 0 Å². The van der Waals surface area contributed by atoms with E-state index in [1.54, 1.807) is 0 Å². The molecule has 3 N–H and O–H groups in total. The van der Waals surface area contributed by atoms with Gasteiger partial charge in [0.05, 0.1) is 12.0 Å². The van der Waals surface area contributed by atoms with E-state index < -0.39 is 97.4 Å². The summed E-state index contributed by atoms with van der Waals surface area (Å²) in [5, 5.41) is 6.82. The van der Waals surface area contributed by atoms with E-state index in [1.165, 1.54) is 20.8 Å². The van der Waals surface area contributed by atoms with Gasteiger partial charge in [0, 0.05) is 24.5 Å². The van der Waals surface area contributed by atoms with Gasteiger partial charge in [-0.05, 0) is 40.0 Å². The topological polar surface area (TPSA) is 134 Å². The molecule has 2 saturated heterocycles. The SMILES string of the molecule is CC(C)(C)NC(=O)C(=O)N1CC(C(F)(F)F)CC1C(=O)NC(CC1CCNC1=O)C(=O)COC(F)(F)F. The Labute approximate surface area is 207 Å². The van der Waals surface area contributed by atoms with Crippen LogP contribution in [0.2, 0.25) is 0 Å². The molecule has 0 aromatic carbocycles. The van der Waals surface area contributed by atoms with Crippen LogP contribution in [0.4, 0.5) is 26.3 Å². The van der Waals surface area contributed by atoms with Crippen molar-refractivity contribution in [2.45, 2.75) is 70.2 Å². The van der Waals surface area contributed by atoms with Crippen LogP contribution < -0.4 is 16.0 Å². The van der Waals surface area contributed by atoms with Crippen molar-refractivity contribution < 1.29 is 55.1 Å². The van der Waals surface area contributed by atoms with E-state index in [4.69, 9.17) is 0 Å². The molecule has 4 atom stereocenters. The van der Waals surface area contributed by atoms with E-state index in [1.807, 2.05) is 0 Å². The highest BCUT2D eigenvalue weighted by molar-refractivity contribution is 6.35. The fraction of sp³-hybridized carbons (Fsp3) is 0.762. The molecule has 2 fully saturated rings. The van der Waals surface area contributed by atoms with E-state index in [0.717, 1.165) is 0 Å². The number of carbonyl (C=O) groups is 5. The molecule has 0 saturated carbocycles. The molecule has 0 bridgehead atoms. The lowest BCUT2D eigenvalue weighted by atomic mass is 9.95. The first-order valence-corrected chi connectivity index (χ1v) is 11.3. The van der Waals surface area contributed by atoms with Crippen molar-refractivity contribution in [1.82, 2.24) is 20.9 Å². The number of carbonyl (C=O) groups excluding carboxylic acids is 5. The maximum absolute atomic E-state index is 13.4. The first-order valence-electron chi connectivity index (χ1n) is 11.3. The molecule has 0 aliphatic carbocycles. The number of likely N-dealkylation sites (tertiary alicyclic amines) is 1. The zero-order chi connectivity index (χ0) is 28.3. The number of nitrogens with zero attached hydrogens (tertiary/aromatic N) is 1. The summed E-state index contributed by atoms with van der Waals surface area (Å²) in [5.41, 5.74) is -0.925. The summed E-state index contributed by atoms with van der Waals surface area (Å²) in [5.74, 6) is -8.79. The second-order valence-corrected chi connectivity index (χ2v) is 9.93. The summed E-state index contributed by atoms with van der Waals surface area (Å²) in [7, 11) is 0. The Morgan fingerprint density at radius 1 is 1.11 bits per heavy atom. The number of ether oxygens (including phenoxy) is 1. The first kappa shape index (κ1) is 30.3. The van der Waals surface area contributed by atoms with Crippen LogP contribution in [0.15, 0.2) is 0 Å². The molecule has 2 rings (SSSR count). The second kappa shape index (κ2) is 11.2. The van der Waals surface area contributed by atoms with Crippen LogP contribution >= 0.6 is 0 Å². The Bertz CT molecular complexity index is 917. The van der Waals surface area contributed by atoms with E-state index in [9.17, 15) is 50.3 Å². The number of Topliss-reactive ketones (excluding diaryl/α,β-unsaturated/α-hetero) is 1. The fourth-order valence-electron chi connectivity index (χ4n) is 4.02. The highest BCUT2D eigenvalue weighted by Gasteiger charge is 2.52. The molecule has 0 aromatic rings. The lowest BCUT2D eigenvalue weighted by Crippen LogP contribution is -2.55. The van der Waals surface area contributed by atoms with Crippen LogP contribution in [0.1, 0.15) is 40.0 Å². The maximum Gasteiger partial charge on any atom is 0.522 e. The summed E-state index contributed by atoms with van der Waals surface area (Å²) in [4.78, 5) is 62.7.